The first-order chi connectivity index (χ1) is 14.5. The zero-order valence-corrected chi connectivity index (χ0v) is 18.8. The van der Waals surface area contributed by atoms with Crippen LogP contribution in [0.1, 0.15) is 71.1 Å². The Bertz CT molecular complexity index is 662. The second-order valence-electron chi connectivity index (χ2n) is 8.88. The Labute approximate surface area is 183 Å². The summed E-state index contributed by atoms with van der Waals surface area (Å²) < 4.78 is 47.1. The maximum Gasteiger partial charge on any atom is 0.400 e. The Hall–Kier alpha value is -1.10. The van der Waals surface area contributed by atoms with Crippen LogP contribution in [0.25, 0.3) is 0 Å². The Balaban J connectivity index is 1.39. The molecule has 30 heavy (non-hydrogen) atoms. The molecule has 0 unspecified atom stereocenters. The molecule has 0 saturated heterocycles. The molecule has 1 aromatic carbocycles. The van der Waals surface area contributed by atoms with E-state index in [1.165, 1.54) is 62.5 Å². The molecule has 168 valence electrons. The van der Waals surface area contributed by atoms with Gasteiger partial charge in [-0.25, -0.2) is 4.39 Å². The van der Waals surface area contributed by atoms with Crippen LogP contribution >= 0.6 is 11.8 Å². The van der Waals surface area contributed by atoms with Crippen molar-refractivity contribution in [3.8, 4) is 5.75 Å². The van der Waals surface area contributed by atoms with Crippen molar-refractivity contribution in [1.82, 2.24) is 0 Å². The Kier molecular flexibility index (Phi) is 9.03. The first kappa shape index (κ1) is 23.6. The summed E-state index contributed by atoms with van der Waals surface area (Å²) in [7, 11) is 0. The predicted octanol–water partition coefficient (Wildman–Crippen LogP) is 8.25. The fraction of sp³-hybridized carbons (Fsp3) is 0.680. The number of halogens is 3. The van der Waals surface area contributed by atoms with E-state index >= 15 is 0 Å². The van der Waals surface area contributed by atoms with Gasteiger partial charge in [-0.1, -0.05) is 31.6 Å². The molecule has 0 aliphatic heterocycles. The molecule has 3 rings (SSSR count). The number of benzene rings is 1. The molecule has 0 amide bonds. The third kappa shape index (κ3) is 7.25. The molecule has 0 spiro atoms. The zero-order chi connectivity index (χ0) is 21.4. The van der Waals surface area contributed by atoms with Crippen LogP contribution in [0.15, 0.2) is 36.4 Å². The molecule has 2 saturated carbocycles. The third-order valence-electron chi connectivity index (χ3n) is 6.52. The Morgan fingerprint density at radius 3 is 2.23 bits per heavy atom. The Morgan fingerprint density at radius 1 is 1.00 bits per heavy atom. The van der Waals surface area contributed by atoms with Crippen LogP contribution in [-0.2, 0) is 0 Å². The summed E-state index contributed by atoms with van der Waals surface area (Å²) in [6, 6.07) is 5.00. The van der Waals surface area contributed by atoms with Gasteiger partial charge >= 0.3 is 6.11 Å². The van der Waals surface area contributed by atoms with E-state index in [2.05, 4.69) is 30.8 Å². The fourth-order valence-corrected chi connectivity index (χ4v) is 5.97. The van der Waals surface area contributed by atoms with Gasteiger partial charge in [0.15, 0.2) is 0 Å². The van der Waals surface area contributed by atoms with E-state index in [-0.39, 0.29) is 5.75 Å². The topological polar surface area (TPSA) is 9.23 Å². The van der Waals surface area contributed by atoms with E-state index in [0.29, 0.717) is 24.7 Å². The summed E-state index contributed by atoms with van der Waals surface area (Å²) >= 11 is 2.15. The lowest BCUT2D eigenvalue weighted by atomic mass is 9.80. The smallest absolute Gasteiger partial charge is 0.400 e. The van der Waals surface area contributed by atoms with Gasteiger partial charge < -0.3 is 4.74 Å². The van der Waals surface area contributed by atoms with Crippen LogP contribution in [0.3, 0.4) is 0 Å². The van der Waals surface area contributed by atoms with E-state index in [1.54, 1.807) is 0 Å². The van der Waals surface area contributed by atoms with Gasteiger partial charge in [-0.2, -0.15) is 20.5 Å². The molecule has 0 atom stereocenters. The summed E-state index contributed by atoms with van der Waals surface area (Å²) in [6.45, 7) is 2.24. The molecule has 0 bridgehead atoms. The predicted molar refractivity (Wildman–Crippen MR) is 120 cm³/mol. The van der Waals surface area contributed by atoms with Gasteiger partial charge in [0.2, 0.25) is 0 Å². The number of alkyl halides is 2. The van der Waals surface area contributed by atoms with E-state index in [9.17, 15) is 13.2 Å². The minimum Gasteiger partial charge on any atom is -0.432 e. The first-order valence-corrected chi connectivity index (χ1v) is 12.6. The van der Waals surface area contributed by atoms with Crippen molar-refractivity contribution in [1.29, 1.82) is 0 Å². The molecule has 0 heterocycles. The number of unbranched alkanes of at least 4 members (excludes halogenated alkanes) is 1. The number of thioether (sulfide) groups is 1. The highest BCUT2D eigenvalue weighted by atomic mass is 32.2. The highest BCUT2D eigenvalue weighted by Crippen LogP contribution is 2.41. The van der Waals surface area contributed by atoms with E-state index in [4.69, 9.17) is 4.74 Å². The maximum atomic E-state index is 14.5. The Morgan fingerprint density at radius 2 is 1.63 bits per heavy atom. The van der Waals surface area contributed by atoms with Gasteiger partial charge in [0.25, 0.3) is 0 Å². The van der Waals surface area contributed by atoms with Crippen molar-refractivity contribution >= 4 is 11.8 Å². The fourth-order valence-electron chi connectivity index (χ4n) is 4.58. The van der Waals surface area contributed by atoms with Crippen LogP contribution < -0.4 is 4.74 Å². The van der Waals surface area contributed by atoms with E-state index in [0.717, 1.165) is 24.2 Å². The molecule has 2 aliphatic carbocycles. The van der Waals surface area contributed by atoms with Crippen molar-refractivity contribution in [3.05, 3.63) is 42.2 Å². The normalized spacial score (nSPS) is 28.0. The van der Waals surface area contributed by atoms with Crippen molar-refractivity contribution < 1.29 is 17.9 Å². The SMILES string of the molecule is CCCCSC1CCC(/C=C/C2CCC(C(F)(F)Oc3cccc(F)c3)CC2)CC1. The summed E-state index contributed by atoms with van der Waals surface area (Å²) in [4.78, 5) is 0. The standard InChI is InChI=1S/C25H35F3OS/c1-2-3-17-30-24-15-11-20(12-16-24)8-7-19-9-13-21(14-10-19)25(27,28)29-23-6-4-5-22(26)18-23/h4-8,18-21,24H,2-3,9-17H2,1H3/b8-7+. The number of hydrogen-bond donors (Lipinski definition) is 0. The average Bonchev–Trinajstić information content (AvgIpc) is 2.73. The summed E-state index contributed by atoms with van der Waals surface area (Å²) in [6.07, 6.45) is 11.5. The second-order valence-corrected chi connectivity index (χ2v) is 10.3. The van der Waals surface area contributed by atoms with Crippen molar-refractivity contribution in [3.63, 3.8) is 0 Å². The summed E-state index contributed by atoms with van der Waals surface area (Å²) in [5, 5.41) is 0.831. The minimum absolute atomic E-state index is 0.106. The van der Waals surface area contributed by atoms with Crippen molar-refractivity contribution in [2.75, 3.05) is 5.75 Å². The quantitative estimate of drug-likeness (QED) is 0.282. The van der Waals surface area contributed by atoms with Crippen molar-refractivity contribution in [2.45, 2.75) is 82.5 Å². The first-order valence-electron chi connectivity index (χ1n) is 11.6. The lowest BCUT2D eigenvalue weighted by Crippen LogP contribution is -2.37. The number of allylic oxidation sites excluding steroid dienone is 2. The molecular weight excluding hydrogens is 405 g/mol. The highest BCUT2D eigenvalue weighted by Gasteiger charge is 2.43. The molecule has 0 N–H and O–H groups in total. The van der Waals surface area contributed by atoms with Crippen LogP contribution in [0.2, 0.25) is 0 Å². The van der Waals surface area contributed by atoms with E-state index in [1.807, 2.05) is 0 Å². The van der Waals surface area contributed by atoms with Gasteiger partial charge in [-0.05, 0) is 87.5 Å². The molecular formula is C25H35F3OS. The van der Waals surface area contributed by atoms with E-state index < -0.39 is 17.8 Å². The van der Waals surface area contributed by atoms with Gasteiger partial charge in [-0.15, -0.1) is 0 Å². The summed E-state index contributed by atoms with van der Waals surface area (Å²) in [5.74, 6) is 0.863. The molecule has 1 nitrogen and oxygen atoms in total. The molecule has 0 aromatic heterocycles. The van der Waals surface area contributed by atoms with Gasteiger partial charge in [0.1, 0.15) is 11.6 Å². The lowest BCUT2D eigenvalue weighted by molar-refractivity contribution is -0.223. The number of hydrogen-bond acceptors (Lipinski definition) is 2. The second kappa shape index (κ2) is 11.5. The monoisotopic (exact) mass is 440 g/mol. The van der Waals surface area contributed by atoms with Crippen molar-refractivity contribution in [2.24, 2.45) is 17.8 Å². The van der Waals surface area contributed by atoms with Gasteiger partial charge in [0.05, 0.1) is 5.92 Å². The van der Waals surface area contributed by atoms with Gasteiger partial charge in [0, 0.05) is 11.3 Å². The molecule has 2 fully saturated rings. The molecule has 1 aromatic rings. The number of ether oxygens (including phenoxy) is 1. The molecule has 5 heteroatoms. The average molecular weight is 441 g/mol. The lowest BCUT2D eigenvalue weighted by Gasteiger charge is -2.32. The van der Waals surface area contributed by atoms with Crippen LogP contribution in [0.4, 0.5) is 13.2 Å². The maximum absolute atomic E-state index is 14.5. The molecule has 2 aliphatic rings. The zero-order valence-electron chi connectivity index (χ0n) is 18.0. The van der Waals surface area contributed by atoms with Crippen LogP contribution in [-0.4, -0.2) is 17.1 Å². The molecule has 0 radical (unpaired) electrons. The largest absolute Gasteiger partial charge is 0.432 e. The minimum atomic E-state index is -3.25. The number of rotatable bonds is 9. The van der Waals surface area contributed by atoms with Crippen LogP contribution in [0, 0.1) is 23.6 Å². The highest BCUT2D eigenvalue weighted by molar-refractivity contribution is 7.99. The summed E-state index contributed by atoms with van der Waals surface area (Å²) in [5.41, 5.74) is 0. The third-order valence-corrected chi connectivity index (χ3v) is 7.99. The van der Waals surface area contributed by atoms with Crippen LogP contribution in [0.5, 0.6) is 5.75 Å². The van der Waals surface area contributed by atoms with Gasteiger partial charge in [-0.3, -0.25) is 0 Å².